The minimum atomic E-state index is 0.153. The second-order valence-corrected chi connectivity index (χ2v) is 6.16. The van der Waals surface area contributed by atoms with E-state index in [0.717, 1.165) is 44.3 Å². The molecule has 4 heteroatoms. The molecular formula is C14H27N3O. The van der Waals surface area contributed by atoms with Gasteiger partial charge in [-0.25, -0.2) is 4.79 Å². The summed E-state index contributed by atoms with van der Waals surface area (Å²) in [6, 6.07) is 0.761. The van der Waals surface area contributed by atoms with Crippen LogP contribution in [0.4, 0.5) is 4.79 Å². The van der Waals surface area contributed by atoms with Crippen LogP contribution in [-0.2, 0) is 0 Å². The van der Waals surface area contributed by atoms with E-state index in [0.29, 0.717) is 6.04 Å². The molecule has 1 saturated carbocycles. The van der Waals surface area contributed by atoms with Gasteiger partial charge in [-0.3, -0.25) is 0 Å². The predicted molar refractivity (Wildman–Crippen MR) is 73.6 cm³/mol. The summed E-state index contributed by atoms with van der Waals surface area (Å²) in [7, 11) is 3.65. The number of nitrogens with one attached hydrogen (secondary N) is 1. The predicted octanol–water partition coefficient (Wildman–Crippen LogP) is 1.77. The van der Waals surface area contributed by atoms with Crippen molar-refractivity contribution < 1.29 is 4.79 Å². The van der Waals surface area contributed by atoms with Gasteiger partial charge in [0.05, 0.1) is 0 Å². The summed E-state index contributed by atoms with van der Waals surface area (Å²) in [6.45, 7) is 5.30. The first kappa shape index (κ1) is 13.7. The molecule has 1 unspecified atom stereocenters. The maximum absolute atomic E-state index is 11.8. The van der Waals surface area contributed by atoms with E-state index in [-0.39, 0.29) is 6.03 Å². The number of amides is 2. The number of rotatable bonds is 4. The van der Waals surface area contributed by atoms with Crippen LogP contribution in [0.3, 0.4) is 0 Å². The number of urea groups is 1. The SMILES string of the molecule is CC(CNC1CCN(C(=O)N(C)C)CC1)C1CC1. The minimum Gasteiger partial charge on any atom is -0.331 e. The van der Waals surface area contributed by atoms with Crippen molar-refractivity contribution >= 4 is 6.03 Å². The molecule has 0 aromatic carbocycles. The van der Waals surface area contributed by atoms with Crippen molar-refractivity contribution in [3.63, 3.8) is 0 Å². The lowest BCUT2D eigenvalue weighted by Crippen LogP contribution is -2.48. The number of likely N-dealkylation sites (tertiary alicyclic amines) is 1. The van der Waals surface area contributed by atoms with Gasteiger partial charge in [0.1, 0.15) is 0 Å². The molecule has 0 radical (unpaired) electrons. The van der Waals surface area contributed by atoms with Crippen LogP contribution < -0.4 is 5.32 Å². The van der Waals surface area contributed by atoms with Gasteiger partial charge in [0.2, 0.25) is 0 Å². The molecule has 1 N–H and O–H groups in total. The summed E-state index contributed by atoms with van der Waals surface area (Å²) in [5, 5.41) is 3.68. The van der Waals surface area contributed by atoms with Gasteiger partial charge >= 0.3 is 6.03 Å². The van der Waals surface area contributed by atoms with Crippen LogP contribution in [0.1, 0.15) is 32.6 Å². The molecule has 2 amide bonds. The smallest absolute Gasteiger partial charge is 0.319 e. The van der Waals surface area contributed by atoms with Gasteiger partial charge in [-0.1, -0.05) is 6.92 Å². The van der Waals surface area contributed by atoms with Crippen molar-refractivity contribution in [1.29, 1.82) is 0 Å². The molecule has 2 aliphatic rings. The molecule has 18 heavy (non-hydrogen) atoms. The molecule has 4 nitrogen and oxygen atoms in total. The summed E-state index contributed by atoms with van der Waals surface area (Å²) in [5.74, 6) is 1.80. The Kier molecular flexibility index (Phi) is 4.49. The number of hydrogen-bond acceptors (Lipinski definition) is 2. The van der Waals surface area contributed by atoms with Crippen molar-refractivity contribution in [3.8, 4) is 0 Å². The minimum absolute atomic E-state index is 0.153. The van der Waals surface area contributed by atoms with Crippen LogP contribution in [0, 0.1) is 11.8 Å². The molecule has 2 fully saturated rings. The van der Waals surface area contributed by atoms with Crippen LogP contribution >= 0.6 is 0 Å². The highest BCUT2D eigenvalue weighted by molar-refractivity contribution is 5.73. The molecular weight excluding hydrogens is 226 g/mol. The van der Waals surface area contributed by atoms with Crippen LogP contribution in [0.15, 0.2) is 0 Å². The number of carbonyl (C=O) groups excluding carboxylic acids is 1. The monoisotopic (exact) mass is 253 g/mol. The van der Waals surface area contributed by atoms with E-state index in [1.807, 2.05) is 19.0 Å². The fraction of sp³-hybridized carbons (Fsp3) is 0.929. The maximum atomic E-state index is 11.8. The summed E-state index contributed by atoms with van der Waals surface area (Å²) in [5.41, 5.74) is 0. The van der Waals surface area contributed by atoms with E-state index in [1.165, 1.54) is 12.8 Å². The van der Waals surface area contributed by atoms with Gasteiger partial charge in [-0.05, 0) is 44.1 Å². The number of carbonyl (C=O) groups is 1. The molecule has 1 heterocycles. The zero-order chi connectivity index (χ0) is 13.1. The lowest BCUT2D eigenvalue weighted by atomic mass is 10.0. The second kappa shape index (κ2) is 5.91. The number of nitrogens with zero attached hydrogens (tertiary/aromatic N) is 2. The highest BCUT2D eigenvalue weighted by Gasteiger charge is 2.29. The summed E-state index contributed by atoms with van der Waals surface area (Å²) < 4.78 is 0. The van der Waals surface area contributed by atoms with Crippen LogP contribution in [0.25, 0.3) is 0 Å². The Hall–Kier alpha value is -0.770. The number of hydrogen-bond donors (Lipinski definition) is 1. The molecule has 0 spiro atoms. The van der Waals surface area contributed by atoms with E-state index in [2.05, 4.69) is 12.2 Å². The third kappa shape index (κ3) is 3.61. The summed E-state index contributed by atoms with van der Waals surface area (Å²) in [6.07, 6.45) is 5.05. The topological polar surface area (TPSA) is 35.6 Å². The fourth-order valence-corrected chi connectivity index (χ4v) is 2.74. The van der Waals surface area contributed by atoms with E-state index in [1.54, 1.807) is 4.90 Å². The first-order valence-electron chi connectivity index (χ1n) is 7.27. The maximum Gasteiger partial charge on any atom is 0.319 e. The Morgan fingerprint density at radius 1 is 1.28 bits per heavy atom. The van der Waals surface area contributed by atoms with Crippen molar-refractivity contribution in [2.75, 3.05) is 33.7 Å². The molecule has 104 valence electrons. The lowest BCUT2D eigenvalue weighted by Gasteiger charge is -2.34. The van der Waals surface area contributed by atoms with Crippen molar-refractivity contribution in [2.45, 2.75) is 38.6 Å². The summed E-state index contributed by atoms with van der Waals surface area (Å²) >= 11 is 0. The van der Waals surface area contributed by atoms with Gasteiger partial charge < -0.3 is 15.1 Å². The molecule has 2 rings (SSSR count). The van der Waals surface area contributed by atoms with Crippen LogP contribution in [-0.4, -0.2) is 55.6 Å². The Morgan fingerprint density at radius 3 is 2.39 bits per heavy atom. The Bertz CT molecular complexity index is 281. The first-order chi connectivity index (χ1) is 8.58. The van der Waals surface area contributed by atoms with Crippen molar-refractivity contribution in [3.05, 3.63) is 0 Å². The Labute approximate surface area is 111 Å². The third-order valence-electron chi connectivity index (χ3n) is 4.30. The quantitative estimate of drug-likeness (QED) is 0.829. The lowest BCUT2D eigenvalue weighted by molar-refractivity contribution is 0.151. The third-order valence-corrected chi connectivity index (χ3v) is 4.30. The van der Waals surface area contributed by atoms with Crippen LogP contribution in [0.5, 0.6) is 0 Å². The number of piperidine rings is 1. The molecule has 1 atom stereocenters. The zero-order valence-corrected chi connectivity index (χ0v) is 12.0. The fourth-order valence-electron chi connectivity index (χ4n) is 2.74. The Balaban J connectivity index is 1.65. The largest absolute Gasteiger partial charge is 0.331 e. The summed E-state index contributed by atoms with van der Waals surface area (Å²) in [4.78, 5) is 15.4. The van der Waals surface area contributed by atoms with Gasteiger partial charge in [0, 0.05) is 33.2 Å². The van der Waals surface area contributed by atoms with Crippen molar-refractivity contribution in [2.24, 2.45) is 11.8 Å². The first-order valence-corrected chi connectivity index (χ1v) is 7.27. The van der Waals surface area contributed by atoms with E-state index >= 15 is 0 Å². The second-order valence-electron chi connectivity index (χ2n) is 6.16. The van der Waals surface area contributed by atoms with E-state index in [4.69, 9.17) is 0 Å². The average molecular weight is 253 g/mol. The van der Waals surface area contributed by atoms with Gasteiger partial charge in [0.25, 0.3) is 0 Å². The van der Waals surface area contributed by atoms with Crippen LogP contribution in [0.2, 0.25) is 0 Å². The molecule has 1 aliphatic heterocycles. The molecule has 0 aromatic heterocycles. The molecule has 0 bridgehead atoms. The average Bonchev–Trinajstić information content (AvgIpc) is 3.20. The standard InChI is InChI=1S/C14H27N3O/c1-11(12-4-5-12)10-15-13-6-8-17(9-7-13)14(18)16(2)3/h11-13,15H,4-10H2,1-3H3. The highest BCUT2D eigenvalue weighted by Crippen LogP contribution is 2.36. The molecule has 1 saturated heterocycles. The zero-order valence-electron chi connectivity index (χ0n) is 12.0. The van der Waals surface area contributed by atoms with E-state index in [9.17, 15) is 4.79 Å². The molecule has 0 aromatic rings. The van der Waals surface area contributed by atoms with Crippen molar-refractivity contribution in [1.82, 2.24) is 15.1 Å². The van der Waals surface area contributed by atoms with Gasteiger partial charge in [0.15, 0.2) is 0 Å². The van der Waals surface area contributed by atoms with Gasteiger partial charge in [-0.2, -0.15) is 0 Å². The van der Waals surface area contributed by atoms with E-state index < -0.39 is 0 Å². The highest BCUT2D eigenvalue weighted by atomic mass is 16.2. The molecule has 1 aliphatic carbocycles. The Morgan fingerprint density at radius 2 is 1.89 bits per heavy atom. The normalized spacial score (nSPS) is 22.9. The van der Waals surface area contributed by atoms with Gasteiger partial charge in [-0.15, -0.1) is 0 Å².